The maximum absolute atomic E-state index is 10.4. The third kappa shape index (κ3) is 3.05. The van der Waals surface area contributed by atoms with Crippen molar-refractivity contribution in [2.45, 2.75) is 33.1 Å². The Morgan fingerprint density at radius 1 is 1.62 bits per heavy atom. The third-order valence-electron chi connectivity index (χ3n) is 2.53. The Morgan fingerprint density at radius 3 is 2.85 bits per heavy atom. The summed E-state index contributed by atoms with van der Waals surface area (Å²) in [7, 11) is 0. The number of carbonyl (C=O) groups is 1. The summed E-state index contributed by atoms with van der Waals surface area (Å²) in [4.78, 5) is 10.4. The van der Waals surface area contributed by atoms with Gasteiger partial charge in [0.25, 0.3) is 0 Å². The minimum Gasteiger partial charge on any atom is -0.350 e. The maximum Gasteiger partial charge on any atom is 0.332 e. The average Bonchev–Trinajstić information content (AvgIpc) is 2.02. The number of hydrogen-bond donors (Lipinski definition) is 2. The first kappa shape index (κ1) is 10.0. The van der Waals surface area contributed by atoms with E-state index in [9.17, 15) is 4.79 Å². The Balaban J connectivity index is 2.50. The summed E-state index contributed by atoms with van der Waals surface area (Å²) < 4.78 is 0. The van der Waals surface area contributed by atoms with Crippen molar-refractivity contribution in [1.82, 2.24) is 5.43 Å². The van der Waals surface area contributed by atoms with Crippen LogP contribution in [0, 0.1) is 11.8 Å². The van der Waals surface area contributed by atoms with Crippen molar-refractivity contribution >= 4 is 11.7 Å². The topological polar surface area (TPSA) is 67.5 Å². The fourth-order valence-corrected chi connectivity index (χ4v) is 1.79. The molecule has 0 aliphatic heterocycles. The smallest absolute Gasteiger partial charge is 0.332 e. The van der Waals surface area contributed by atoms with Crippen LogP contribution < -0.4 is 11.2 Å². The van der Waals surface area contributed by atoms with Gasteiger partial charge in [-0.2, -0.15) is 5.10 Å². The molecule has 2 atom stereocenters. The van der Waals surface area contributed by atoms with Crippen LogP contribution in [-0.2, 0) is 0 Å². The Morgan fingerprint density at radius 2 is 2.31 bits per heavy atom. The number of hydrazone groups is 1. The number of nitrogens with two attached hydrogens (primary N) is 1. The van der Waals surface area contributed by atoms with E-state index in [-0.39, 0.29) is 0 Å². The van der Waals surface area contributed by atoms with Gasteiger partial charge in [-0.1, -0.05) is 13.8 Å². The quantitative estimate of drug-likeness (QED) is 0.594. The molecule has 2 amide bonds. The Labute approximate surface area is 78.6 Å². The number of carbonyl (C=O) groups excluding carboxylic acids is 1. The number of rotatable bonds is 1. The number of amides is 2. The van der Waals surface area contributed by atoms with E-state index in [2.05, 4.69) is 24.4 Å². The van der Waals surface area contributed by atoms with Crippen LogP contribution in [0.3, 0.4) is 0 Å². The summed E-state index contributed by atoms with van der Waals surface area (Å²) in [6.07, 6.45) is 3.28. The van der Waals surface area contributed by atoms with E-state index in [1.165, 1.54) is 0 Å². The van der Waals surface area contributed by atoms with Crippen molar-refractivity contribution in [2.75, 3.05) is 0 Å². The van der Waals surface area contributed by atoms with Crippen LogP contribution in [-0.4, -0.2) is 11.7 Å². The molecular formula is C9H17N3O. The molecule has 0 aromatic heterocycles. The molecule has 1 saturated carbocycles. The maximum atomic E-state index is 10.4. The van der Waals surface area contributed by atoms with E-state index in [4.69, 9.17) is 5.73 Å². The van der Waals surface area contributed by atoms with Crippen molar-refractivity contribution in [3.63, 3.8) is 0 Å². The van der Waals surface area contributed by atoms with Gasteiger partial charge in [-0.25, -0.2) is 10.2 Å². The molecule has 0 heterocycles. The van der Waals surface area contributed by atoms with E-state index in [0.717, 1.165) is 30.9 Å². The predicted molar refractivity (Wildman–Crippen MR) is 52.3 cm³/mol. The molecule has 74 valence electrons. The minimum atomic E-state index is -0.585. The highest BCUT2D eigenvalue weighted by Crippen LogP contribution is 2.25. The standard InChI is InChI=1S/C9H17N3O/c1-6-3-4-8(7(2)5-6)11-12-9(10)13/h6-7H,3-5H2,1-2H3,(H3,10,12,13)/b11-8+/t6-,7-/m1/s1. The van der Waals surface area contributed by atoms with E-state index in [1.807, 2.05) is 0 Å². The van der Waals surface area contributed by atoms with Crippen molar-refractivity contribution in [3.05, 3.63) is 0 Å². The highest BCUT2D eigenvalue weighted by atomic mass is 16.2. The van der Waals surface area contributed by atoms with E-state index >= 15 is 0 Å². The zero-order valence-electron chi connectivity index (χ0n) is 8.21. The van der Waals surface area contributed by atoms with Crippen LogP contribution >= 0.6 is 0 Å². The Hall–Kier alpha value is -1.06. The van der Waals surface area contributed by atoms with Gasteiger partial charge in [0.05, 0.1) is 0 Å². The molecule has 1 rings (SSSR count). The van der Waals surface area contributed by atoms with Crippen molar-refractivity contribution in [2.24, 2.45) is 22.7 Å². The molecule has 0 saturated heterocycles. The first-order valence-corrected chi connectivity index (χ1v) is 4.71. The summed E-state index contributed by atoms with van der Waals surface area (Å²) in [5, 5.41) is 3.99. The second-order valence-corrected chi connectivity index (χ2v) is 3.86. The lowest BCUT2D eigenvalue weighted by atomic mass is 9.82. The van der Waals surface area contributed by atoms with Crippen molar-refractivity contribution < 1.29 is 4.79 Å². The zero-order chi connectivity index (χ0) is 9.84. The molecule has 4 nitrogen and oxygen atoms in total. The second-order valence-electron chi connectivity index (χ2n) is 3.86. The van der Waals surface area contributed by atoms with Gasteiger partial charge in [-0.05, 0) is 31.1 Å². The van der Waals surface area contributed by atoms with Crippen LogP contribution in [0.4, 0.5) is 4.79 Å². The molecule has 0 aromatic carbocycles. The monoisotopic (exact) mass is 183 g/mol. The summed E-state index contributed by atoms with van der Waals surface area (Å²) in [5.74, 6) is 1.23. The average molecular weight is 183 g/mol. The van der Waals surface area contributed by atoms with Crippen molar-refractivity contribution in [1.29, 1.82) is 0 Å². The fraction of sp³-hybridized carbons (Fsp3) is 0.778. The molecule has 0 aromatic rings. The molecule has 0 spiro atoms. The predicted octanol–water partition coefficient (Wildman–Crippen LogP) is 1.47. The lowest BCUT2D eigenvalue weighted by molar-refractivity contribution is 0.249. The summed E-state index contributed by atoms with van der Waals surface area (Å²) >= 11 is 0. The van der Waals surface area contributed by atoms with Crippen LogP contribution in [0.2, 0.25) is 0 Å². The molecule has 1 fully saturated rings. The highest BCUT2D eigenvalue weighted by molar-refractivity contribution is 5.88. The zero-order valence-corrected chi connectivity index (χ0v) is 8.21. The molecule has 4 heteroatoms. The van der Waals surface area contributed by atoms with Crippen LogP contribution in [0.25, 0.3) is 0 Å². The SMILES string of the molecule is C[C@@H]1CC/C(=N\NC(N)=O)[C@H](C)C1. The number of nitrogens with zero attached hydrogens (tertiary/aromatic N) is 1. The van der Waals surface area contributed by atoms with E-state index in [1.54, 1.807) is 0 Å². The summed E-state index contributed by atoms with van der Waals surface area (Å²) in [6, 6.07) is -0.585. The van der Waals surface area contributed by atoms with Gasteiger partial charge in [0, 0.05) is 5.71 Å². The molecule has 3 N–H and O–H groups in total. The molecule has 0 unspecified atom stereocenters. The third-order valence-corrected chi connectivity index (χ3v) is 2.53. The van der Waals surface area contributed by atoms with E-state index in [0.29, 0.717) is 5.92 Å². The normalized spacial score (nSPS) is 31.7. The fourth-order valence-electron chi connectivity index (χ4n) is 1.79. The second kappa shape index (κ2) is 4.25. The number of nitrogens with one attached hydrogen (secondary N) is 1. The van der Waals surface area contributed by atoms with Gasteiger partial charge >= 0.3 is 6.03 Å². The molecule has 13 heavy (non-hydrogen) atoms. The lowest BCUT2D eigenvalue weighted by Gasteiger charge is -2.25. The number of primary amides is 1. The molecule has 0 radical (unpaired) electrons. The molecular weight excluding hydrogens is 166 g/mol. The van der Waals surface area contributed by atoms with Gasteiger partial charge < -0.3 is 5.73 Å². The number of urea groups is 1. The molecule has 1 aliphatic carbocycles. The highest BCUT2D eigenvalue weighted by Gasteiger charge is 2.20. The lowest BCUT2D eigenvalue weighted by Crippen LogP contribution is -2.29. The van der Waals surface area contributed by atoms with Gasteiger partial charge in [0.2, 0.25) is 0 Å². The van der Waals surface area contributed by atoms with Gasteiger partial charge in [-0.15, -0.1) is 0 Å². The van der Waals surface area contributed by atoms with Crippen LogP contribution in [0.1, 0.15) is 33.1 Å². The van der Waals surface area contributed by atoms with E-state index < -0.39 is 6.03 Å². The summed E-state index contributed by atoms with van der Waals surface area (Å²) in [5.41, 5.74) is 8.28. The van der Waals surface area contributed by atoms with Gasteiger partial charge in [-0.3, -0.25) is 0 Å². The largest absolute Gasteiger partial charge is 0.350 e. The number of hydrogen-bond acceptors (Lipinski definition) is 2. The Kier molecular flexibility index (Phi) is 3.28. The van der Waals surface area contributed by atoms with Crippen LogP contribution in [0.15, 0.2) is 5.10 Å². The van der Waals surface area contributed by atoms with Crippen LogP contribution in [0.5, 0.6) is 0 Å². The van der Waals surface area contributed by atoms with Gasteiger partial charge in [0.1, 0.15) is 0 Å². The first-order valence-electron chi connectivity index (χ1n) is 4.71. The minimum absolute atomic E-state index is 0.468. The van der Waals surface area contributed by atoms with Crippen molar-refractivity contribution in [3.8, 4) is 0 Å². The molecule has 0 bridgehead atoms. The molecule has 1 aliphatic rings. The Bertz CT molecular complexity index is 225. The van der Waals surface area contributed by atoms with Gasteiger partial charge in [0.15, 0.2) is 0 Å². The first-order chi connectivity index (χ1) is 6.09. The summed E-state index contributed by atoms with van der Waals surface area (Å²) in [6.45, 7) is 4.38.